The number of hydrogen-bond acceptors (Lipinski definition) is 8. The molecular weight excluding hydrogens is 346 g/mol. The summed E-state index contributed by atoms with van der Waals surface area (Å²) >= 11 is 0. The van der Waals surface area contributed by atoms with Crippen molar-refractivity contribution in [3.8, 4) is 0 Å². The molecule has 4 amide bonds. The van der Waals surface area contributed by atoms with Crippen molar-refractivity contribution in [2.75, 3.05) is 13.1 Å². The lowest BCUT2D eigenvalue weighted by Gasteiger charge is -2.34. The molecule has 12 nitrogen and oxygen atoms in total. The van der Waals surface area contributed by atoms with Gasteiger partial charge in [-0.15, -0.1) is 4.28 Å². The van der Waals surface area contributed by atoms with Crippen LogP contribution in [0.25, 0.3) is 0 Å². The van der Waals surface area contributed by atoms with Crippen molar-refractivity contribution in [2.45, 2.75) is 37.4 Å². The van der Waals surface area contributed by atoms with Crippen LogP contribution in [0.3, 0.4) is 0 Å². The van der Waals surface area contributed by atoms with Crippen molar-refractivity contribution in [1.82, 2.24) is 20.3 Å². The average molecular weight is 363 g/mol. The molecule has 0 aromatic carbocycles. The van der Waals surface area contributed by atoms with E-state index in [9.17, 15) is 22.8 Å². The molecule has 0 radical (unpaired) electrons. The Kier molecular flexibility index (Phi) is 4.21. The third-order valence-electron chi connectivity index (χ3n) is 4.38. The number of nitrogens with two attached hydrogens (primary N) is 1. The van der Waals surface area contributed by atoms with Gasteiger partial charge in [0.1, 0.15) is 6.04 Å². The Labute approximate surface area is 137 Å². The molecule has 4 N–H and O–H groups in total. The molecule has 3 fully saturated rings. The minimum atomic E-state index is -4.86. The highest BCUT2D eigenvalue weighted by molar-refractivity contribution is 7.80. The van der Waals surface area contributed by atoms with Gasteiger partial charge in [0, 0.05) is 6.54 Å². The highest BCUT2D eigenvalue weighted by Gasteiger charge is 2.50. The van der Waals surface area contributed by atoms with Gasteiger partial charge < -0.3 is 10.2 Å². The zero-order valence-electron chi connectivity index (χ0n) is 12.5. The van der Waals surface area contributed by atoms with Crippen LogP contribution < -0.4 is 11.2 Å². The van der Waals surface area contributed by atoms with Crippen LogP contribution in [0.5, 0.6) is 0 Å². The molecule has 134 valence electrons. The summed E-state index contributed by atoms with van der Waals surface area (Å²) in [5, 5.41) is 3.86. The van der Waals surface area contributed by atoms with Gasteiger partial charge in [-0.3, -0.25) is 14.1 Å². The monoisotopic (exact) mass is 363 g/mol. The molecule has 1 unspecified atom stereocenters. The van der Waals surface area contributed by atoms with Crippen molar-refractivity contribution >= 4 is 28.2 Å². The van der Waals surface area contributed by atoms with Gasteiger partial charge in [-0.2, -0.15) is 13.5 Å². The van der Waals surface area contributed by atoms with Crippen LogP contribution >= 0.6 is 0 Å². The molecule has 3 rings (SSSR count). The maximum atomic E-state index is 12.4. The van der Waals surface area contributed by atoms with Gasteiger partial charge in [0.05, 0.1) is 12.1 Å². The number of urea groups is 1. The summed E-state index contributed by atoms with van der Waals surface area (Å²) < 4.78 is 34.6. The third-order valence-corrected chi connectivity index (χ3v) is 4.73. The zero-order valence-corrected chi connectivity index (χ0v) is 13.3. The van der Waals surface area contributed by atoms with Crippen molar-refractivity contribution < 1.29 is 31.6 Å². The van der Waals surface area contributed by atoms with E-state index in [0.717, 1.165) is 4.90 Å². The van der Waals surface area contributed by atoms with E-state index in [-0.39, 0.29) is 19.4 Å². The van der Waals surface area contributed by atoms with Gasteiger partial charge in [-0.05, 0) is 25.8 Å². The first kappa shape index (κ1) is 17.0. The molecule has 3 saturated heterocycles. The number of hydrogen-bond donors (Lipinski definition) is 3. The predicted molar refractivity (Wildman–Crippen MR) is 75.8 cm³/mol. The van der Waals surface area contributed by atoms with Gasteiger partial charge in [-0.1, -0.05) is 0 Å². The smallest absolute Gasteiger partial charge is 0.309 e. The number of piperidine rings is 1. The molecule has 13 heteroatoms. The van der Waals surface area contributed by atoms with Crippen molar-refractivity contribution in [3.63, 3.8) is 0 Å². The predicted octanol–water partition coefficient (Wildman–Crippen LogP) is -2.42. The lowest BCUT2D eigenvalue weighted by Crippen LogP contribution is -2.61. The second-order valence-electron chi connectivity index (χ2n) is 5.85. The summed E-state index contributed by atoms with van der Waals surface area (Å²) in [6, 6.07) is -2.99. The highest BCUT2D eigenvalue weighted by atomic mass is 32.3. The molecule has 0 aromatic rings. The fraction of sp³-hybridized carbons (Fsp3) is 0.727. The normalized spacial score (nSPS) is 29.4. The number of rotatable bonds is 4. The van der Waals surface area contributed by atoms with Crippen molar-refractivity contribution in [3.05, 3.63) is 0 Å². The second kappa shape index (κ2) is 5.93. The van der Waals surface area contributed by atoms with E-state index in [0.29, 0.717) is 23.0 Å². The third kappa shape index (κ3) is 2.95. The maximum absolute atomic E-state index is 12.4. The van der Waals surface area contributed by atoms with E-state index in [1.807, 2.05) is 0 Å². The summed E-state index contributed by atoms with van der Waals surface area (Å²) in [6.45, 7) is 0.699. The molecule has 0 saturated carbocycles. The molecule has 0 aromatic heterocycles. The number of imide groups is 1. The number of nitrogens with zero attached hydrogens (tertiary/aromatic N) is 3. The van der Waals surface area contributed by atoms with Crippen LogP contribution in [0, 0.1) is 0 Å². The maximum Gasteiger partial charge on any atom is 0.418 e. The van der Waals surface area contributed by atoms with E-state index >= 15 is 0 Å². The molecular formula is C11H17N5O7S. The Balaban J connectivity index is 1.71. The van der Waals surface area contributed by atoms with Crippen molar-refractivity contribution in [1.29, 1.82) is 0 Å². The Morgan fingerprint density at radius 1 is 1.29 bits per heavy atom. The van der Waals surface area contributed by atoms with Crippen molar-refractivity contribution in [2.24, 2.45) is 5.84 Å². The molecule has 0 aliphatic carbocycles. The SMILES string of the molecule is NN(C(=O)C1CCN1)C(=O)[C@@H]1CC[C@@H]2CN1C(=O)N2OS(=O)(=O)O. The molecule has 3 atom stereocenters. The fourth-order valence-electron chi connectivity index (χ4n) is 3.02. The minimum absolute atomic E-state index is 0.0362. The van der Waals surface area contributed by atoms with Crippen LogP contribution in [0.1, 0.15) is 19.3 Å². The number of nitrogens with one attached hydrogen (secondary N) is 1. The van der Waals surface area contributed by atoms with Crippen LogP contribution in [-0.4, -0.2) is 77.0 Å². The largest absolute Gasteiger partial charge is 0.418 e. The summed E-state index contributed by atoms with van der Waals surface area (Å²) in [6.07, 6.45) is 1.03. The zero-order chi connectivity index (χ0) is 17.6. The van der Waals surface area contributed by atoms with Gasteiger partial charge in [0.2, 0.25) is 0 Å². The van der Waals surface area contributed by atoms with Gasteiger partial charge in [0.25, 0.3) is 11.8 Å². The summed E-state index contributed by atoms with van der Waals surface area (Å²) in [5.41, 5.74) is 0. The molecule has 2 bridgehead atoms. The Morgan fingerprint density at radius 3 is 2.50 bits per heavy atom. The van der Waals surface area contributed by atoms with Crippen LogP contribution in [0.15, 0.2) is 0 Å². The number of carbonyl (C=O) groups excluding carboxylic acids is 3. The van der Waals surface area contributed by atoms with E-state index in [1.165, 1.54) is 0 Å². The number of fused-ring (bicyclic) bond motifs is 2. The Hall–Kier alpha value is -1.80. The fourth-order valence-corrected chi connectivity index (χ4v) is 3.41. The molecule has 0 spiro atoms. The first-order valence-corrected chi connectivity index (χ1v) is 8.68. The lowest BCUT2D eigenvalue weighted by molar-refractivity contribution is -0.150. The quantitative estimate of drug-likeness (QED) is 0.162. The molecule has 3 heterocycles. The van der Waals surface area contributed by atoms with Gasteiger partial charge in [-0.25, -0.2) is 15.6 Å². The summed E-state index contributed by atoms with van der Waals surface area (Å²) in [4.78, 5) is 37.8. The first-order valence-electron chi connectivity index (χ1n) is 7.32. The van der Waals surface area contributed by atoms with Gasteiger partial charge >= 0.3 is 16.4 Å². The van der Waals surface area contributed by atoms with E-state index in [1.54, 1.807) is 0 Å². The minimum Gasteiger partial charge on any atom is -0.309 e. The molecule has 24 heavy (non-hydrogen) atoms. The average Bonchev–Trinajstić information content (AvgIpc) is 2.68. The number of hydroxylamine groups is 2. The molecule has 3 aliphatic heterocycles. The number of amides is 4. The summed E-state index contributed by atoms with van der Waals surface area (Å²) in [5.74, 6) is 4.27. The lowest BCUT2D eigenvalue weighted by atomic mass is 9.99. The highest BCUT2D eigenvalue weighted by Crippen LogP contribution is 2.31. The van der Waals surface area contributed by atoms with E-state index in [4.69, 9.17) is 10.4 Å². The topological polar surface area (TPSA) is 163 Å². The molecule has 3 aliphatic rings. The number of carbonyl (C=O) groups is 3. The Bertz CT molecular complexity index is 678. The standard InChI is InChI=1S/C11H17N5O7S/c12-15(9(17)7-3-4-13-7)10(18)8-2-1-6-5-14(8)11(19)16(6)23-24(20,21)22/h6-8,13H,1-5,12H2,(H,20,21,22)/t6-,7?,8+/m1/s1. The second-order valence-corrected chi connectivity index (χ2v) is 6.86. The number of hydrazine groups is 1. The summed E-state index contributed by atoms with van der Waals surface area (Å²) in [7, 11) is -4.86. The van der Waals surface area contributed by atoms with Crippen LogP contribution in [-0.2, 0) is 24.3 Å². The van der Waals surface area contributed by atoms with E-state index in [2.05, 4.69) is 9.60 Å². The van der Waals surface area contributed by atoms with Crippen LogP contribution in [0.2, 0.25) is 0 Å². The van der Waals surface area contributed by atoms with E-state index < -0.39 is 46.4 Å². The first-order chi connectivity index (χ1) is 11.2. The van der Waals surface area contributed by atoms with Gasteiger partial charge in [0.15, 0.2) is 0 Å². The Morgan fingerprint density at radius 2 is 1.96 bits per heavy atom. The van der Waals surface area contributed by atoms with Crippen LogP contribution in [0.4, 0.5) is 4.79 Å².